The van der Waals surface area contributed by atoms with Gasteiger partial charge in [-0.1, -0.05) is 74.5 Å². The normalized spacial score (nSPS) is 13.0. The Bertz CT molecular complexity index is 792. The number of nitrogens with two attached hydrogens (primary N) is 3. The van der Waals surface area contributed by atoms with Crippen molar-refractivity contribution in [2.75, 3.05) is 0 Å². The second-order valence-corrected chi connectivity index (χ2v) is 8.79. The van der Waals surface area contributed by atoms with Crippen LogP contribution in [0.4, 0.5) is 0 Å². The maximum absolute atomic E-state index is 10.0. The number of carboxylic acids is 1. The van der Waals surface area contributed by atoms with Crippen LogP contribution in [-0.2, 0) is 28.0 Å². The van der Waals surface area contributed by atoms with Gasteiger partial charge in [-0.2, -0.15) is 8.42 Å². The van der Waals surface area contributed by atoms with Crippen LogP contribution >= 0.6 is 0 Å². The molecule has 0 saturated heterocycles. The predicted molar refractivity (Wildman–Crippen MR) is 132 cm³/mol. The Balaban J connectivity index is 0. The lowest BCUT2D eigenvalue weighted by Gasteiger charge is -2.07. The molecule has 2 rings (SSSR count). The largest absolute Gasteiger partial charge is 0.480 e. The highest BCUT2D eigenvalue weighted by atomic mass is 32.3. The molecule has 0 radical (unpaired) electrons. The summed E-state index contributed by atoms with van der Waals surface area (Å²) in [6.45, 7) is 7.59. The summed E-state index contributed by atoms with van der Waals surface area (Å²) in [6.07, 6.45) is 1.95. The Morgan fingerprint density at radius 3 is 1.18 bits per heavy atom. The van der Waals surface area contributed by atoms with Crippen LogP contribution in [0.5, 0.6) is 0 Å². The average Bonchev–Trinajstić information content (AvgIpc) is 2.67. The lowest BCUT2D eigenvalue weighted by atomic mass is 10.1. The van der Waals surface area contributed by atoms with E-state index in [0.29, 0.717) is 0 Å². The van der Waals surface area contributed by atoms with E-state index in [9.17, 15) is 4.79 Å². The lowest BCUT2D eigenvalue weighted by Crippen LogP contribution is -2.34. The van der Waals surface area contributed by atoms with Crippen LogP contribution in [0.3, 0.4) is 0 Å². The van der Waals surface area contributed by atoms with Crippen molar-refractivity contribution in [1.82, 2.24) is 0 Å². The maximum Gasteiger partial charge on any atom is 0.394 e. The van der Waals surface area contributed by atoms with E-state index in [1.54, 1.807) is 13.8 Å². The average molecular weight is 486 g/mol. The Morgan fingerprint density at radius 1 is 0.758 bits per heavy atom. The molecule has 3 atom stereocenters. The monoisotopic (exact) mass is 485 g/mol. The molecule has 9 N–H and O–H groups in total. The summed E-state index contributed by atoms with van der Waals surface area (Å²) in [7, 11) is -4.67. The number of hydrogen-bond acceptors (Lipinski definition) is 6. The molecule has 0 aliphatic rings. The highest BCUT2D eigenvalue weighted by Crippen LogP contribution is 2.01. The minimum atomic E-state index is -4.67. The summed E-state index contributed by atoms with van der Waals surface area (Å²) >= 11 is 0. The van der Waals surface area contributed by atoms with Crippen LogP contribution in [-0.4, -0.2) is 46.7 Å². The van der Waals surface area contributed by atoms with Gasteiger partial charge in [0.25, 0.3) is 0 Å². The van der Waals surface area contributed by atoms with Crippen molar-refractivity contribution in [3.05, 3.63) is 71.8 Å². The zero-order valence-corrected chi connectivity index (χ0v) is 20.5. The first-order valence-corrected chi connectivity index (χ1v) is 11.8. The van der Waals surface area contributed by atoms with E-state index in [2.05, 4.69) is 24.3 Å². The fraction of sp³-hybridized carbons (Fsp3) is 0.435. The van der Waals surface area contributed by atoms with Gasteiger partial charge >= 0.3 is 16.4 Å². The summed E-state index contributed by atoms with van der Waals surface area (Å²) in [5.41, 5.74) is 19.0. The van der Waals surface area contributed by atoms with Gasteiger partial charge in [0.05, 0.1) is 0 Å². The fourth-order valence-electron chi connectivity index (χ4n) is 2.26. The van der Waals surface area contributed by atoms with E-state index in [1.165, 1.54) is 11.1 Å². The molecular formula is C23H39N3O6S. The summed E-state index contributed by atoms with van der Waals surface area (Å²) in [4.78, 5) is 10.0. The van der Waals surface area contributed by atoms with Crippen LogP contribution in [0.25, 0.3) is 0 Å². The van der Waals surface area contributed by atoms with Crippen molar-refractivity contribution >= 4 is 16.4 Å². The number of carboxylic acid groups (broad SMARTS) is 1. The molecule has 0 heterocycles. The van der Waals surface area contributed by atoms with Gasteiger partial charge in [-0.05, 0) is 43.7 Å². The van der Waals surface area contributed by atoms with Gasteiger partial charge in [0.1, 0.15) is 6.04 Å². The van der Waals surface area contributed by atoms with Crippen LogP contribution in [0, 0.1) is 5.92 Å². The Hall–Kier alpha value is -2.34. The Kier molecular flexibility index (Phi) is 18.0. The number of carbonyl (C=O) groups is 1. The quantitative estimate of drug-likeness (QED) is 0.334. The molecule has 0 fully saturated rings. The molecule has 0 bridgehead atoms. The SMILES string of the molecule is CC(C)[C@H](N)C(=O)O.C[C@H](N)Cc1ccccc1.C[C@H](N)Cc1ccccc1.O=S(=O)(O)O. The molecule has 0 aromatic heterocycles. The first kappa shape index (κ1) is 32.8. The third kappa shape index (κ3) is 25.8. The number of rotatable bonds is 6. The Labute approximate surface area is 197 Å². The van der Waals surface area contributed by atoms with E-state index in [4.69, 9.17) is 39.8 Å². The minimum absolute atomic E-state index is 0.0208. The van der Waals surface area contributed by atoms with Crippen LogP contribution in [0.2, 0.25) is 0 Å². The molecule has 2 aromatic carbocycles. The van der Waals surface area contributed by atoms with Crippen LogP contribution < -0.4 is 17.2 Å². The molecule has 9 nitrogen and oxygen atoms in total. The zero-order chi connectivity index (χ0) is 26.0. The fourth-order valence-corrected chi connectivity index (χ4v) is 2.26. The first-order valence-electron chi connectivity index (χ1n) is 10.4. The standard InChI is InChI=1S/2C9H13N.C5H11NO2.H2O4S/c2*1-8(10)7-9-5-3-2-4-6-9;1-3(2)4(6)5(7)8;1-5(2,3)4/h2*2-6,8H,7,10H2,1H3;3-4H,6H2,1-2H3,(H,7,8);(H2,1,2,3,4)/t2*8-;4-;/m000./s1. The molecule has 10 heteroatoms. The lowest BCUT2D eigenvalue weighted by molar-refractivity contribution is -0.139. The molecule has 0 spiro atoms. The highest BCUT2D eigenvalue weighted by molar-refractivity contribution is 7.79. The van der Waals surface area contributed by atoms with E-state index < -0.39 is 22.4 Å². The molecular weight excluding hydrogens is 446 g/mol. The van der Waals surface area contributed by atoms with E-state index in [0.717, 1.165) is 12.8 Å². The van der Waals surface area contributed by atoms with Gasteiger partial charge in [-0.15, -0.1) is 0 Å². The van der Waals surface area contributed by atoms with Gasteiger partial charge in [0.15, 0.2) is 0 Å². The molecule has 0 amide bonds. The number of aliphatic carboxylic acids is 1. The van der Waals surface area contributed by atoms with Gasteiger partial charge < -0.3 is 22.3 Å². The summed E-state index contributed by atoms with van der Waals surface area (Å²) < 4.78 is 31.6. The van der Waals surface area contributed by atoms with Crippen molar-refractivity contribution < 1.29 is 27.4 Å². The summed E-state index contributed by atoms with van der Waals surface area (Å²) in [5.74, 6) is -0.910. The highest BCUT2D eigenvalue weighted by Gasteiger charge is 2.14. The van der Waals surface area contributed by atoms with Crippen molar-refractivity contribution in [2.45, 2.75) is 58.7 Å². The molecule has 188 valence electrons. The number of hydrogen-bond donors (Lipinski definition) is 6. The maximum atomic E-state index is 10.0. The third-order valence-electron chi connectivity index (χ3n) is 3.80. The second-order valence-electron chi connectivity index (χ2n) is 7.89. The first-order chi connectivity index (χ1) is 15.1. The van der Waals surface area contributed by atoms with Crippen molar-refractivity contribution in [1.29, 1.82) is 0 Å². The van der Waals surface area contributed by atoms with E-state index in [1.807, 2.05) is 50.2 Å². The van der Waals surface area contributed by atoms with Crippen LogP contribution in [0.15, 0.2) is 60.7 Å². The van der Waals surface area contributed by atoms with Crippen molar-refractivity contribution in [3.63, 3.8) is 0 Å². The second kappa shape index (κ2) is 18.1. The van der Waals surface area contributed by atoms with Crippen molar-refractivity contribution in [2.24, 2.45) is 23.1 Å². The molecule has 0 unspecified atom stereocenters. The molecule has 0 aliphatic carbocycles. The topological polar surface area (TPSA) is 190 Å². The minimum Gasteiger partial charge on any atom is -0.480 e. The summed E-state index contributed by atoms with van der Waals surface area (Å²) in [5, 5.41) is 8.23. The smallest absolute Gasteiger partial charge is 0.394 e. The van der Waals surface area contributed by atoms with Gasteiger partial charge in [-0.3, -0.25) is 13.9 Å². The van der Waals surface area contributed by atoms with Crippen molar-refractivity contribution in [3.8, 4) is 0 Å². The predicted octanol–water partition coefficient (Wildman–Crippen LogP) is 2.55. The van der Waals surface area contributed by atoms with Gasteiger partial charge in [0.2, 0.25) is 0 Å². The third-order valence-corrected chi connectivity index (χ3v) is 3.80. The molecule has 0 aliphatic heterocycles. The van der Waals surface area contributed by atoms with Crippen LogP contribution in [0.1, 0.15) is 38.8 Å². The van der Waals surface area contributed by atoms with Gasteiger partial charge in [-0.25, -0.2) is 0 Å². The zero-order valence-electron chi connectivity index (χ0n) is 19.7. The number of benzene rings is 2. The molecule has 0 saturated carbocycles. The molecule has 2 aromatic rings. The summed E-state index contributed by atoms with van der Waals surface area (Å²) in [6, 6.07) is 20.4. The molecule has 33 heavy (non-hydrogen) atoms. The van der Waals surface area contributed by atoms with Gasteiger partial charge in [0, 0.05) is 12.1 Å². The Morgan fingerprint density at radius 2 is 1.03 bits per heavy atom. The van der Waals surface area contributed by atoms with E-state index in [-0.39, 0.29) is 18.0 Å². The van der Waals surface area contributed by atoms with E-state index >= 15 is 0 Å².